The summed E-state index contributed by atoms with van der Waals surface area (Å²) >= 11 is 0. The summed E-state index contributed by atoms with van der Waals surface area (Å²) in [6, 6.07) is 12.2. The summed E-state index contributed by atoms with van der Waals surface area (Å²) in [6.07, 6.45) is 1.65. The van der Waals surface area contributed by atoms with Crippen LogP contribution in [0.3, 0.4) is 0 Å². The number of rotatable bonds is 1. The third-order valence-corrected chi connectivity index (χ3v) is 3.42. The molecule has 21 heavy (non-hydrogen) atoms. The van der Waals surface area contributed by atoms with Crippen molar-refractivity contribution in [2.45, 2.75) is 0 Å². The third-order valence-electron chi connectivity index (χ3n) is 3.42. The second kappa shape index (κ2) is 4.21. The highest BCUT2D eigenvalue weighted by atomic mass is 16.4. The lowest BCUT2D eigenvalue weighted by Gasteiger charge is -2.01. The fraction of sp³-hybridized carbons (Fsp3) is 0. The number of nitrogens with one attached hydrogen (secondary N) is 1. The second-order valence-corrected chi connectivity index (χ2v) is 4.75. The summed E-state index contributed by atoms with van der Waals surface area (Å²) in [5.74, 6) is 0.0910. The van der Waals surface area contributed by atoms with Gasteiger partial charge >= 0.3 is 5.63 Å². The van der Waals surface area contributed by atoms with Crippen molar-refractivity contribution in [3.05, 3.63) is 59.1 Å². The standard InChI is InChI=1S/C16H10N2O3/c19-9-7-13(21-14(20)8-9)16-15-11(5-6-17-16)10-3-1-2-4-12(10)18-15/h1-8,18-19H. The lowest BCUT2D eigenvalue weighted by atomic mass is 10.1. The summed E-state index contributed by atoms with van der Waals surface area (Å²) in [4.78, 5) is 19.0. The monoisotopic (exact) mass is 278 g/mol. The molecule has 4 aromatic rings. The van der Waals surface area contributed by atoms with E-state index >= 15 is 0 Å². The molecule has 1 aromatic carbocycles. The van der Waals surface area contributed by atoms with Crippen molar-refractivity contribution >= 4 is 21.8 Å². The zero-order chi connectivity index (χ0) is 14.4. The van der Waals surface area contributed by atoms with Gasteiger partial charge in [-0.15, -0.1) is 0 Å². The van der Waals surface area contributed by atoms with E-state index in [1.54, 1.807) is 6.20 Å². The molecule has 5 nitrogen and oxygen atoms in total. The summed E-state index contributed by atoms with van der Waals surface area (Å²) in [5.41, 5.74) is 1.63. The number of aromatic hydroxyl groups is 1. The first-order valence-electron chi connectivity index (χ1n) is 6.42. The van der Waals surface area contributed by atoms with Crippen LogP contribution in [-0.2, 0) is 0 Å². The SMILES string of the molecule is O=c1cc(O)cc(-c2nccc3c2[nH]c2ccccc23)o1. The molecule has 0 saturated heterocycles. The Morgan fingerprint density at radius 1 is 1.10 bits per heavy atom. The summed E-state index contributed by atoms with van der Waals surface area (Å²) in [6.45, 7) is 0. The number of benzene rings is 1. The van der Waals surface area contributed by atoms with E-state index in [2.05, 4.69) is 9.97 Å². The van der Waals surface area contributed by atoms with Gasteiger partial charge in [0.05, 0.1) is 11.6 Å². The molecule has 3 aromatic heterocycles. The molecule has 102 valence electrons. The first kappa shape index (κ1) is 11.7. The Morgan fingerprint density at radius 2 is 1.95 bits per heavy atom. The Balaban J connectivity index is 2.11. The molecule has 0 fully saturated rings. The van der Waals surface area contributed by atoms with E-state index in [9.17, 15) is 9.90 Å². The number of pyridine rings is 1. The van der Waals surface area contributed by atoms with Crippen molar-refractivity contribution in [1.82, 2.24) is 9.97 Å². The highest BCUT2D eigenvalue weighted by Gasteiger charge is 2.13. The van der Waals surface area contributed by atoms with E-state index in [0.717, 1.165) is 27.9 Å². The Kier molecular flexibility index (Phi) is 2.35. The zero-order valence-corrected chi connectivity index (χ0v) is 10.8. The fourth-order valence-electron chi connectivity index (χ4n) is 2.54. The van der Waals surface area contributed by atoms with Gasteiger partial charge < -0.3 is 14.5 Å². The van der Waals surface area contributed by atoms with E-state index in [1.807, 2.05) is 30.3 Å². The van der Waals surface area contributed by atoms with Crippen LogP contribution in [0.15, 0.2) is 57.9 Å². The lowest BCUT2D eigenvalue weighted by molar-refractivity contribution is 0.452. The number of hydrogen-bond acceptors (Lipinski definition) is 4. The minimum Gasteiger partial charge on any atom is -0.508 e. The maximum Gasteiger partial charge on any atom is 0.339 e. The van der Waals surface area contributed by atoms with E-state index in [4.69, 9.17) is 4.42 Å². The third kappa shape index (κ3) is 1.79. The zero-order valence-electron chi connectivity index (χ0n) is 10.8. The van der Waals surface area contributed by atoms with Gasteiger partial charge in [-0.1, -0.05) is 18.2 Å². The quantitative estimate of drug-likeness (QED) is 0.561. The van der Waals surface area contributed by atoms with Crippen LogP contribution in [0.4, 0.5) is 0 Å². The van der Waals surface area contributed by atoms with Crippen LogP contribution >= 0.6 is 0 Å². The number of nitrogens with zero attached hydrogens (tertiary/aromatic N) is 1. The van der Waals surface area contributed by atoms with Crippen molar-refractivity contribution in [2.75, 3.05) is 0 Å². The van der Waals surface area contributed by atoms with Gasteiger partial charge in [0.1, 0.15) is 11.4 Å². The van der Waals surface area contributed by atoms with Crippen molar-refractivity contribution in [1.29, 1.82) is 0 Å². The average Bonchev–Trinajstić information content (AvgIpc) is 2.84. The van der Waals surface area contributed by atoms with Crippen LogP contribution in [0, 0.1) is 0 Å². The summed E-state index contributed by atoms with van der Waals surface area (Å²) < 4.78 is 5.15. The van der Waals surface area contributed by atoms with E-state index in [1.165, 1.54) is 6.07 Å². The van der Waals surface area contributed by atoms with Crippen LogP contribution in [0.25, 0.3) is 33.3 Å². The first-order valence-corrected chi connectivity index (χ1v) is 6.42. The Morgan fingerprint density at radius 3 is 2.81 bits per heavy atom. The minimum atomic E-state index is -0.611. The maximum absolute atomic E-state index is 11.4. The molecule has 3 heterocycles. The van der Waals surface area contributed by atoms with Crippen LogP contribution in [0.5, 0.6) is 5.75 Å². The second-order valence-electron chi connectivity index (χ2n) is 4.75. The van der Waals surface area contributed by atoms with E-state index < -0.39 is 5.63 Å². The Hall–Kier alpha value is -3.08. The molecule has 0 atom stereocenters. The number of aromatic amines is 1. The summed E-state index contributed by atoms with van der Waals surface area (Å²) in [5, 5.41) is 11.6. The molecule has 0 bridgehead atoms. The van der Waals surface area contributed by atoms with Crippen LogP contribution in [-0.4, -0.2) is 15.1 Å². The van der Waals surface area contributed by atoms with Gasteiger partial charge in [-0.05, 0) is 12.1 Å². The highest BCUT2D eigenvalue weighted by Crippen LogP contribution is 2.31. The molecule has 5 heteroatoms. The molecular formula is C16H10N2O3. The molecule has 0 saturated carbocycles. The predicted molar refractivity (Wildman–Crippen MR) is 79.2 cm³/mol. The van der Waals surface area contributed by atoms with Gasteiger partial charge in [-0.2, -0.15) is 0 Å². The number of fused-ring (bicyclic) bond motifs is 3. The molecule has 0 aliphatic carbocycles. The van der Waals surface area contributed by atoms with Crippen molar-refractivity contribution in [2.24, 2.45) is 0 Å². The molecular weight excluding hydrogens is 268 g/mol. The molecule has 0 aliphatic heterocycles. The van der Waals surface area contributed by atoms with Crippen LogP contribution in [0.1, 0.15) is 0 Å². The number of H-pyrrole nitrogens is 1. The van der Waals surface area contributed by atoms with Gasteiger partial charge in [0.15, 0.2) is 5.76 Å². The molecule has 4 rings (SSSR count). The first-order chi connectivity index (χ1) is 10.2. The minimum absolute atomic E-state index is 0.142. The number of hydrogen-bond donors (Lipinski definition) is 2. The molecule has 0 spiro atoms. The normalized spacial score (nSPS) is 11.2. The van der Waals surface area contributed by atoms with E-state index in [0.29, 0.717) is 5.69 Å². The highest BCUT2D eigenvalue weighted by molar-refractivity contribution is 6.10. The number of para-hydroxylation sites is 1. The smallest absolute Gasteiger partial charge is 0.339 e. The molecule has 0 aliphatic rings. The number of aromatic nitrogens is 2. The van der Waals surface area contributed by atoms with Gasteiger partial charge in [0.2, 0.25) is 0 Å². The van der Waals surface area contributed by atoms with Crippen molar-refractivity contribution < 1.29 is 9.52 Å². The summed E-state index contributed by atoms with van der Waals surface area (Å²) in [7, 11) is 0. The van der Waals surface area contributed by atoms with Crippen molar-refractivity contribution in [3.63, 3.8) is 0 Å². The van der Waals surface area contributed by atoms with E-state index in [-0.39, 0.29) is 11.5 Å². The molecule has 0 radical (unpaired) electrons. The molecule has 0 unspecified atom stereocenters. The van der Waals surface area contributed by atoms with Gasteiger partial charge in [0, 0.05) is 28.6 Å². The van der Waals surface area contributed by atoms with Crippen LogP contribution < -0.4 is 5.63 Å². The lowest BCUT2D eigenvalue weighted by Crippen LogP contribution is -1.97. The topological polar surface area (TPSA) is 79.1 Å². The average molecular weight is 278 g/mol. The maximum atomic E-state index is 11.4. The Labute approximate surface area is 118 Å². The predicted octanol–water partition coefficient (Wildman–Crippen LogP) is 3.04. The van der Waals surface area contributed by atoms with Crippen molar-refractivity contribution in [3.8, 4) is 17.2 Å². The Bertz CT molecular complexity index is 1030. The van der Waals surface area contributed by atoms with Crippen LogP contribution in [0.2, 0.25) is 0 Å². The van der Waals surface area contributed by atoms with Gasteiger partial charge in [0.25, 0.3) is 0 Å². The molecule has 2 N–H and O–H groups in total. The fourth-order valence-corrected chi connectivity index (χ4v) is 2.54. The van der Waals surface area contributed by atoms with Gasteiger partial charge in [-0.3, -0.25) is 4.98 Å². The van der Waals surface area contributed by atoms with Gasteiger partial charge in [-0.25, -0.2) is 4.79 Å². The molecule has 0 amide bonds. The largest absolute Gasteiger partial charge is 0.508 e.